The minimum atomic E-state index is -0.722. The maximum Gasteiger partial charge on any atom is 0.0771 e. The van der Waals surface area contributed by atoms with E-state index in [-0.39, 0.29) is 5.41 Å². The molecule has 0 unspecified atom stereocenters. The van der Waals surface area contributed by atoms with Gasteiger partial charge in [-0.2, -0.15) is 0 Å². The summed E-state index contributed by atoms with van der Waals surface area (Å²) in [4.78, 5) is 0. The van der Waals surface area contributed by atoms with Gasteiger partial charge in [0.1, 0.15) is 0 Å². The van der Waals surface area contributed by atoms with Gasteiger partial charge in [0.25, 0.3) is 0 Å². The van der Waals surface area contributed by atoms with E-state index < -0.39 is 5.60 Å². The molecule has 0 heterocycles. The van der Waals surface area contributed by atoms with Crippen LogP contribution in [0.1, 0.15) is 27.7 Å². The molecular formula is C10H18O. The van der Waals surface area contributed by atoms with Gasteiger partial charge in [0, 0.05) is 5.41 Å². The van der Waals surface area contributed by atoms with Crippen molar-refractivity contribution < 1.29 is 5.11 Å². The number of rotatable bonds is 3. The summed E-state index contributed by atoms with van der Waals surface area (Å²) in [6.07, 6.45) is 5.60. The molecule has 64 valence electrons. The van der Waals surface area contributed by atoms with Gasteiger partial charge in [-0.15, -0.1) is 6.58 Å². The molecule has 11 heavy (non-hydrogen) atoms. The molecular weight excluding hydrogens is 136 g/mol. The van der Waals surface area contributed by atoms with E-state index in [0.29, 0.717) is 0 Å². The van der Waals surface area contributed by atoms with E-state index in [4.69, 9.17) is 0 Å². The van der Waals surface area contributed by atoms with Gasteiger partial charge in [-0.3, -0.25) is 0 Å². The summed E-state index contributed by atoms with van der Waals surface area (Å²) in [6.45, 7) is 11.3. The zero-order chi connectivity index (χ0) is 9.12. The van der Waals surface area contributed by atoms with E-state index in [9.17, 15) is 5.11 Å². The van der Waals surface area contributed by atoms with Crippen LogP contribution in [-0.2, 0) is 0 Å². The van der Waals surface area contributed by atoms with Gasteiger partial charge in [-0.05, 0) is 13.8 Å². The fourth-order valence-electron chi connectivity index (χ4n) is 0.487. The fraction of sp³-hybridized carbons (Fsp3) is 0.600. The van der Waals surface area contributed by atoms with Crippen LogP contribution in [0, 0.1) is 5.41 Å². The molecule has 0 bridgehead atoms. The van der Waals surface area contributed by atoms with Gasteiger partial charge in [-0.1, -0.05) is 32.1 Å². The fourth-order valence-corrected chi connectivity index (χ4v) is 0.487. The van der Waals surface area contributed by atoms with Crippen molar-refractivity contribution >= 4 is 0 Å². The molecule has 0 radical (unpaired) electrons. The van der Waals surface area contributed by atoms with E-state index in [1.807, 2.05) is 26.0 Å². The van der Waals surface area contributed by atoms with Crippen LogP contribution < -0.4 is 0 Å². The molecule has 0 aliphatic heterocycles. The van der Waals surface area contributed by atoms with Crippen LogP contribution in [0.2, 0.25) is 0 Å². The van der Waals surface area contributed by atoms with Crippen molar-refractivity contribution in [3.8, 4) is 0 Å². The first kappa shape index (κ1) is 10.4. The third kappa shape index (κ3) is 5.86. The lowest BCUT2D eigenvalue weighted by Crippen LogP contribution is -2.15. The molecule has 0 aromatic rings. The molecule has 0 spiro atoms. The lowest BCUT2D eigenvalue weighted by molar-refractivity contribution is 0.132. The molecule has 0 aliphatic carbocycles. The van der Waals surface area contributed by atoms with Crippen LogP contribution in [-0.4, -0.2) is 10.7 Å². The lowest BCUT2D eigenvalue weighted by atomic mass is 9.91. The van der Waals surface area contributed by atoms with Crippen LogP contribution in [0.5, 0.6) is 0 Å². The summed E-state index contributed by atoms with van der Waals surface area (Å²) in [5.74, 6) is 0. The standard InChI is InChI=1S/C10H18O/c1-6-9(2,3)7-8-10(4,5)11/h6-8,11H,1H2,2-5H3. The van der Waals surface area contributed by atoms with Crippen molar-refractivity contribution in [1.82, 2.24) is 0 Å². The first-order valence-corrected chi connectivity index (χ1v) is 3.83. The second-order valence-corrected chi connectivity index (χ2v) is 4.01. The zero-order valence-electron chi connectivity index (χ0n) is 7.89. The largest absolute Gasteiger partial charge is 0.386 e. The average Bonchev–Trinajstić information content (AvgIpc) is 1.83. The minimum absolute atomic E-state index is 0.0278. The molecule has 0 atom stereocenters. The normalized spacial score (nSPS) is 13.9. The summed E-state index contributed by atoms with van der Waals surface area (Å²) in [5, 5.41) is 9.36. The Bertz CT molecular complexity index is 158. The summed E-state index contributed by atoms with van der Waals surface area (Å²) in [7, 11) is 0. The molecule has 0 fully saturated rings. The molecule has 0 saturated heterocycles. The lowest BCUT2D eigenvalue weighted by Gasteiger charge is -2.17. The number of aliphatic hydroxyl groups is 1. The van der Waals surface area contributed by atoms with Crippen molar-refractivity contribution in [2.45, 2.75) is 33.3 Å². The topological polar surface area (TPSA) is 20.2 Å². The van der Waals surface area contributed by atoms with E-state index in [1.54, 1.807) is 19.9 Å². The monoisotopic (exact) mass is 154 g/mol. The SMILES string of the molecule is C=CC(C)(C)C=CC(C)(C)O. The smallest absolute Gasteiger partial charge is 0.0771 e. The molecule has 0 aromatic heterocycles. The molecule has 0 aliphatic rings. The highest BCUT2D eigenvalue weighted by atomic mass is 16.3. The molecule has 1 heteroatoms. The second-order valence-electron chi connectivity index (χ2n) is 4.01. The Morgan fingerprint density at radius 2 is 1.55 bits per heavy atom. The van der Waals surface area contributed by atoms with Gasteiger partial charge in [-0.25, -0.2) is 0 Å². The third-order valence-electron chi connectivity index (χ3n) is 1.45. The Morgan fingerprint density at radius 1 is 1.09 bits per heavy atom. The quantitative estimate of drug-likeness (QED) is 0.619. The first-order chi connectivity index (χ1) is 4.77. The van der Waals surface area contributed by atoms with E-state index >= 15 is 0 Å². The third-order valence-corrected chi connectivity index (χ3v) is 1.45. The summed E-state index contributed by atoms with van der Waals surface area (Å²) in [5.41, 5.74) is -0.750. The van der Waals surface area contributed by atoms with Crippen molar-refractivity contribution in [2.24, 2.45) is 5.41 Å². The van der Waals surface area contributed by atoms with Crippen LogP contribution in [0.3, 0.4) is 0 Å². The first-order valence-electron chi connectivity index (χ1n) is 3.83. The Balaban J connectivity index is 4.24. The predicted octanol–water partition coefficient (Wildman–Crippen LogP) is 2.53. The number of allylic oxidation sites excluding steroid dienone is 2. The summed E-state index contributed by atoms with van der Waals surface area (Å²) in [6, 6.07) is 0. The van der Waals surface area contributed by atoms with Crippen LogP contribution in [0.15, 0.2) is 24.8 Å². The Kier molecular flexibility index (Phi) is 3.06. The van der Waals surface area contributed by atoms with Crippen molar-refractivity contribution in [3.63, 3.8) is 0 Å². The molecule has 0 saturated carbocycles. The molecule has 0 rings (SSSR count). The Labute approximate surface area is 69.4 Å². The summed E-state index contributed by atoms with van der Waals surface area (Å²) < 4.78 is 0. The predicted molar refractivity (Wildman–Crippen MR) is 49.4 cm³/mol. The Hall–Kier alpha value is -0.560. The van der Waals surface area contributed by atoms with Gasteiger partial charge in [0.05, 0.1) is 5.60 Å². The van der Waals surface area contributed by atoms with E-state index in [1.165, 1.54) is 0 Å². The molecule has 1 N–H and O–H groups in total. The average molecular weight is 154 g/mol. The van der Waals surface area contributed by atoms with Gasteiger partial charge < -0.3 is 5.11 Å². The number of hydrogen-bond donors (Lipinski definition) is 1. The Morgan fingerprint density at radius 3 is 1.82 bits per heavy atom. The maximum absolute atomic E-state index is 9.36. The highest BCUT2D eigenvalue weighted by molar-refractivity contribution is 5.08. The molecule has 1 nitrogen and oxygen atoms in total. The van der Waals surface area contributed by atoms with Gasteiger partial charge in [0.2, 0.25) is 0 Å². The van der Waals surface area contributed by atoms with Crippen LogP contribution in [0.4, 0.5) is 0 Å². The van der Waals surface area contributed by atoms with Crippen molar-refractivity contribution in [1.29, 1.82) is 0 Å². The molecule has 0 amide bonds. The summed E-state index contributed by atoms with van der Waals surface area (Å²) >= 11 is 0. The van der Waals surface area contributed by atoms with E-state index in [0.717, 1.165) is 0 Å². The van der Waals surface area contributed by atoms with Crippen molar-refractivity contribution in [3.05, 3.63) is 24.8 Å². The minimum Gasteiger partial charge on any atom is -0.386 e. The van der Waals surface area contributed by atoms with Crippen molar-refractivity contribution in [2.75, 3.05) is 0 Å². The van der Waals surface area contributed by atoms with Gasteiger partial charge in [0.15, 0.2) is 0 Å². The number of hydrogen-bond acceptors (Lipinski definition) is 1. The zero-order valence-corrected chi connectivity index (χ0v) is 7.89. The second kappa shape index (κ2) is 3.22. The highest BCUT2D eigenvalue weighted by Gasteiger charge is 2.11. The van der Waals surface area contributed by atoms with Crippen LogP contribution in [0.25, 0.3) is 0 Å². The maximum atomic E-state index is 9.36. The van der Waals surface area contributed by atoms with Gasteiger partial charge >= 0.3 is 0 Å². The van der Waals surface area contributed by atoms with E-state index in [2.05, 4.69) is 6.58 Å². The van der Waals surface area contributed by atoms with Crippen LogP contribution >= 0.6 is 0 Å². The molecule has 0 aromatic carbocycles. The highest BCUT2D eigenvalue weighted by Crippen LogP contribution is 2.19.